The molecule has 0 fully saturated rings. The predicted octanol–water partition coefficient (Wildman–Crippen LogP) is 3.25. The Hall–Kier alpha value is -0.790. The van der Waals surface area contributed by atoms with Crippen LogP contribution < -0.4 is 4.74 Å². The van der Waals surface area contributed by atoms with Crippen LogP contribution in [0.3, 0.4) is 0 Å². The van der Waals surface area contributed by atoms with E-state index < -0.39 is 6.10 Å². The van der Waals surface area contributed by atoms with Crippen molar-refractivity contribution >= 4 is 34.2 Å². The number of aliphatic hydroxyl groups is 1. The van der Waals surface area contributed by atoms with E-state index in [0.29, 0.717) is 23.0 Å². The molecule has 0 aliphatic carbocycles. The van der Waals surface area contributed by atoms with Crippen molar-refractivity contribution in [3.8, 4) is 5.75 Å². The van der Waals surface area contributed by atoms with E-state index in [4.69, 9.17) is 16.3 Å². The fourth-order valence-corrected chi connectivity index (χ4v) is 2.75. The highest BCUT2D eigenvalue weighted by Gasteiger charge is 2.23. The van der Waals surface area contributed by atoms with E-state index >= 15 is 0 Å². The quantitative estimate of drug-likeness (QED) is 0.813. The number of methoxy groups -OCH3 is 1. The summed E-state index contributed by atoms with van der Waals surface area (Å²) in [6.45, 7) is 2.62. The van der Waals surface area contributed by atoms with Gasteiger partial charge in [-0.25, -0.2) is 0 Å². The van der Waals surface area contributed by atoms with E-state index in [9.17, 15) is 5.11 Å². The van der Waals surface area contributed by atoms with Crippen molar-refractivity contribution in [2.24, 2.45) is 0 Å². The molecule has 2 aromatic rings. The number of hydrogen-bond donors (Lipinski definition) is 1. The van der Waals surface area contributed by atoms with Crippen molar-refractivity contribution < 1.29 is 9.84 Å². The van der Waals surface area contributed by atoms with Crippen LogP contribution in [0.25, 0.3) is 0 Å². The Kier molecular flexibility index (Phi) is 4.70. The van der Waals surface area contributed by atoms with Crippen molar-refractivity contribution in [2.75, 3.05) is 7.11 Å². The Labute approximate surface area is 130 Å². The first-order chi connectivity index (χ1) is 9.08. The van der Waals surface area contributed by atoms with Gasteiger partial charge in [0.05, 0.1) is 13.3 Å². The van der Waals surface area contributed by atoms with Crippen molar-refractivity contribution in [2.45, 2.75) is 19.6 Å². The molecule has 4 nitrogen and oxygen atoms in total. The lowest BCUT2D eigenvalue weighted by Crippen LogP contribution is -2.11. The fourth-order valence-electron chi connectivity index (χ4n) is 1.93. The highest BCUT2D eigenvalue weighted by Crippen LogP contribution is 2.33. The van der Waals surface area contributed by atoms with Crippen LogP contribution in [0.2, 0.25) is 5.02 Å². The van der Waals surface area contributed by atoms with Gasteiger partial charge in [0.2, 0.25) is 0 Å². The number of nitrogens with zero attached hydrogens (tertiary/aromatic N) is 2. The van der Waals surface area contributed by atoms with Crippen molar-refractivity contribution in [3.63, 3.8) is 0 Å². The van der Waals surface area contributed by atoms with Crippen LogP contribution in [0.4, 0.5) is 0 Å². The normalized spacial score (nSPS) is 12.5. The molecule has 0 aliphatic heterocycles. The second kappa shape index (κ2) is 6.11. The summed E-state index contributed by atoms with van der Waals surface area (Å²) in [6, 6.07) is 5.44. The molecule has 2 rings (SSSR count). The summed E-state index contributed by atoms with van der Waals surface area (Å²) in [5, 5.41) is 15.4. The van der Waals surface area contributed by atoms with Gasteiger partial charge in [-0.05, 0) is 47.7 Å². The number of halogens is 2. The number of benzene rings is 1. The van der Waals surface area contributed by atoms with Gasteiger partial charge in [0.1, 0.15) is 11.8 Å². The van der Waals surface area contributed by atoms with Crippen LogP contribution in [0.15, 0.2) is 24.4 Å². The third-order valence-electron chi connectivity index (χ3n) is 2.88. The molecule has 0 saturated carbocycles. The first-order valence-electron chi connectivity index (χ1n) is 5.81. The summed E-state index contributed by atoms with van der Waals surface area (Å²) in [5.41, 5.74) is 1.40. The van der Waals surface area contributed by atoms with Crippen molar-refractivity contribution in [3.05, 3.63) is 44.2 Å². The summed E-state index contributed by atoms with van der Waals surface area (Å²) >= 11 is 8.18. The van der Waals surface area contributed by atoms with Gasteiger partial charge in [0, 0.05) is 20.7 Å². The van der Waals surface area contributed by atoms with E-state index in [2.05, 4.69) is 27.7 Å². The molecule has 0 aliphatic rings. The van der Waals surface area contributed by atoms with Gasteiger partial charge in [0.25, 0.3) is 0 Å². The highest BCUT2D eigenvalue weighted by molar-refractivity contribution is 14.1. The van der Waals surface area contributed by atoms with Crippen LogP contribution >= 0.6 is 34.2 Å². The zero-order chi connectivity index (χ0) is 14.0. The monoisotopic (exact) mass is 392 g/mol. The molecule has 19 heavy (non-hydrogen) atoms. The van der Waals surface area contributed by atoms with Gasteiger partial charge in [0.15, 0.2) is 5.75 Å². The van der Waals surface area contributed by atoms with Crippen LogP contribution in [0, 0.1) is 3.57 Å². The van der Waals surface area contributed by atoms with Gasteiger partial charge in [-0.3, -0.25) is 4.68 Å². The van der Waals surface area contributed by atoms with Gasteiger partial charge in [-0.1, -0.05) is 11.6 Å². The minimum Gasteiger partial charge on any atom is -0.493 e. The summed E-state index contributed by atoms with van der Waals surface area (Å²) in [6.07, 6.45) is 0.794. The maximum atomic E-state index is 10.6. The minimum atomic E-state index is -0.817. The minimum absolute atomic E-state index is 0.574. The van der Waals surface area contributed by atoms with Gasteiger partial charge >= 0.3 is 0 Å². The first-order valence-corrected chi connectivity index (χ1v) is 7.26. The third-order valence-corrected chi connectivity index (χ3v) is 4.09. The molecular weight excluding hydrogens is 379 g/mol. The molecular formula is C13H14ClIN2O2. The largest absolute Gasteiger partial charge is 0.493 e. The molecule has 1 aromatic heterocycles. The van der Waals surface area contributed by atoms with Crippen molar-refractivity contribution in [1.82, 2.24) is 9.78 Å². The van der Waals surface area contributed by atoms with Gasteiger partial charge < -0.3 is 9.84 Å². The fraction of sp³-hybridized carbons (Fsp3) is 0.308. The number of ether oxygens (including phenoxy) is 1. The molecule has 6 heteroatoms. The molecule has 0 amide bonds. The Morgan fingerprint density at radius 3 is 2.89 bits per heavy atom. The molecule has 1 unspecified atom stereocenters. The smallest absolute Gasteiger partial charge is 0.163 e. The number of hydrogen-bond acceptors (Lipinski definition) is 3. The summed E-state index contributed by atoms with van der Waals surface area (Å²) in [5.74, 6) is 0.574. The molecule has 0 bridgehead atoms. The predicted molar refractivity (Wildman–Crippen MR) is 82.7 cm³/mol. The summed E-state index contributed by atoms with van der Waals surface area (Å²) in [4.78, 5) is 0. The lowest BCUT2D eigenvalue weighted by atomic mass is 10.1. The van der Waals surface area contributed by atoms with Crippen molar-refractivity contribution in [1.29, 1.82) is 0 Å². The zero-order valence-electron chi connectivity index (χ0n) is 10.6. The van der Waals surface area contributed by atoms with E-state index in [0.717, 1.165) is 9.13 Å². The maximum Gasteiger partial charge on any atom is 0.163 e. The van der Waals surface area contributed by atoms with E-state index in [1.165, 1.54) is 0 Å². The van der Waals surface area contributed by atoms with Crippen LogP contribution in [0.5, 0.6) is 5.75 Å². The average molecular weight is 393 g/mol. The Morgan fingerprint density at radius 2 is 2.26 bits per heavy atom. The molecule has 1 atom stereocenters. The topological polar surface area (TPSA) is 47.3 Å². The summed E-state index contributed by atoms with van der Waals surface area (Å²) in [7, 11) is 1.57. The van der Waals surface area contributed by atoms with Crippen LogP contribution in [0.1, 0.15) is 24.3 Å². The molecule has 1 aromatic carbocycles. The van der Waals surface area contributed by atoms with Gasteiger partial charge in [-0.2, -0.15) is 5.10 Å². The zero-order valence-corrected chi connectivity index (χ0v) is 13.5. The maximum absolute atomic E-state index is 10.6. The lowest BCUT2D eigenvalue weighted by molar-refractivity contribution is 0.201. The molecule has 102 valence electrons. The number of aromatic nitrogens is 2. The number of aliphatic hydroxyl groups excluding tert-OH is 1. The molecule has 1 heterocycles. The standard InChI is InChI=1S/C13H14ClIN2O2/c1-3-17-12(11(19-2)7-16-17)13(18)9-6-8(14)4-5-10(9)15/h4-7,13,18H,3H2,1-2H3. The Bertz CT molecular complexity index is 565. The van der Waals surface area contributed by atoms with Crippen LogP contribution in [-0.2, 0) is 6.54 Å². The SMILES string of the molecule is CCn1ncc(OC)c1C(O)c1cc(Cl)ccc1I. The molecule has 1 N–H and O–H groups in total. The highest BCUT2D eigenvalue weighted by atomic mass is 127. The molecule has 0 saturated heterocycles. The lowest BCUT2D eigenvalue weighted by Gasteiger charge is -2.16. The van der Waals surface area contributed by atoms with E-state index in [1.54, 1.807) is 30.1 Å². The first kappa shape index (κ1) is 14.6. The third kappa shape index (κ3) is 2.88. The Balaban J connectivity index is 2.51. The van der Waals surface area contributed by atoms with E-state index in [1.807, 2.05) is 13.0 Å². The molecule has 0 radical (unpaired) electrons. The number of aryl methyl sites for hydroxylation is 1. The second-order valence-corrected chi connectivity index (χ2v) is 5.58. The summed E-state index contributed by atoms with van der Waals surface area (Å²) < 4.78 is 7.93. The van der Waals surface area contributed by atoms with Gasteiger partial charge in [-0.15, -0.1) is 0 Å². The Morgan fingerprint density at radius 1 is 1.53 bits per heavy atom. The van der Waals surface area contributed by atoms with E-state index in [-0.39, 0.29) is 0 Å². The molecule has 0 spiro atoms. The van der Waals surface area contributed by atoms with Crippen LogP contribution in [-0.4, -0.2) is 22.0 Å². The average Bonchev–Trinajstić information content (AvgIpc) is 2.83. The second-order valence-electron chi connectivity index (χ2n) is 3.98. The number of rotatable bonds is 4.